The van der Waals surface area contributed by atoms with Gasteiger partial charge in [0.15, 0.2) is 0 Å². The number of carbonyl (C=O) groups is 3. The largest absolute Gasteiger partial charge is 0.419 e. The molecule has 8 heteroatoms. The van der Waals surface area contributed by atoms with Gasteiger partial charge >= 0.3 is 0 Å². The number of aryl methyl sites for hydroxylation is 1. The van der Waals surface area contributed by atoms with Crippen molar-refractivity contribution < 1.29 is 18.8 Å². The molecule has 0 saturated heterocycles. The summed E-state index contributed by atoms with van der Waals surface area (Å²) in [7, 11) is 1.61. The van der Waals surface area contributed by atoms with Crippen molar-refractivity contribution in [3.8, 4) is 11.5 Å². The minimum Gasteiger partial charge on any atom is -0.419 e. The molecular formula is C22H20N4O4. The zero-order valence-electron chi connectivity index (χ0n) is 16.7. The normalized spacial score (nSPS) is 12.9. The van der Waals surface area contributed by atoms with Crippen LogP contribution < -0.4 is 0 Å². The third-order valence-corrected chi connectivity index (χ3v) is 4.99. The monoisotopic (exact) mass is 404 g/mol. The summed E-state index contributed by atoms with van der Waals surface area (Å²) in [5.41, 5.74) is 2.68. The van der Waals surface area contributed by atoms with Crippen molar-refractivity contribution in [1.29, 1.82) is 0 Å². The lowest BCUT2D eigenvalue weighted by atomic mass is 10.1. The van der Waals surface area contributed by atoms with E-state index in [1.807, 2.05) is 31.2 Å². The van der Waals surface area contributed by atoms with Crippen LogP contribution in [-0.2, 0) is 11.3 Å². The van der Waals surface area contributed by atoms with Gasteiger partial charge in [-0.2, -0.15) is 0 Å². The molecule has 0 bridgehead atoms. The SMILES string of the molecule is Cc1ccc(-c2nnc(CN(C)C(=O)CCN3C(=O)c4ccccc4C3=O)o2)cc1. The molecule has 0 saturated carbocycles. The van der Waals surface area contributed by atoms with E-state index in [1.165, 1.54) is 4.90 Å². The Morgan fingerprint density at radius 2 is 1.63 bits per heavy atom. The number of fused-ring (bicyclic) bond motifs is 1. The van der Waals surface area contributed by atoms with Gasteiger partial charge in [-0.25, -0.2) is 0 Å². The third kappa shape index (κ3) is 3.71. The van der Waals surface area contributed by atoms with Crippen molar-refractivity contribution in [1.82, 2.24) is 20.0 Å². The van der Waals surface area contributed by atoms with Crippen LogP contribution in [0.2, 0.25) is 0 Å². The number of carbonyl (C=O) groups excluding carboxylic acids is 3. The maximum absolute atomic E-state index is 12.5. The number of hydrogen-bond donors (Lipinski definition) is 0. The third-order valence-electron chi connectivity index (χ3n) is 4.99. The topological polar surface area (TPSA) is 96.6 Å². The van der Waals surface area contributed by atoms with E-state index in [2.05, 4.69) is 10.2 Å². The molecule has 3 amide bonds. The fourth-order valence-electron chi connectivity index (χ4n) is 3.26. The molecule has 4 rings (SSSR count). The van der Waals surface area contributed by atoms with Crippen LogP contribution in [0.1, 0.15) is 38.6 Å². The van der Waals surface area contributed by atoms with Crippen molar-refractivity contribution in [2.24, 2.45) is 0 Å². The molecule has 30 heavy (non-hydrogen) atoms. The Balaban J connectivity index is 1.34. The van der Waals surface area contributed by atoms with Crippen LogP contribution in [-0.4, -0.2) is 51.3 Å². The minimum atomic E-state index is -0.370. The Hall–Kier alpha value is -3.81. The van der Waals surface area contributed by atoms with E-state index in [9.17, 15) is 14.4 Å². The van der Waals surface area contributed by atoms with Gasteiger partial charge in [0.1, 0.15) is 0 Å². The average molecular weight is 404 g/mol. The molecule has 0 radical (unpaired) electrons. The van der Waals surface area contributed by atoms with Gasteiger partial charge in [0.2, 0.25) is 17.7 Å². The van der Waals surface area contributed by atoms with Crippen LogP contribution in [0, 0.1) is 6.92 Å². The number of rotatable bonds is 6. The van der Waals surface area contributed by atoms with Crippen LogP contribution in [0.4, 0.5) is 0 Å². The molecule has 2 heterocycles. The van der Waals surface area contributed by atoms with Gasteiger partial charge in [-0.3, -0.25) is 19.3 Å². The standard InChI is InChI=1S/C22H20N4O4/c1-14-7-9-15(10-8-14)20-24-23-18(30-20)13-25(2)19(27)11-12-26-21(28)16-5-3-4-6-17(16)22(26)29/h3-10H,11-13H2,1-2H3. The second-order valence-corrected chi connectivity index (χ2v) is 7.17. The van der Waals surface area contributed by atoms with Crippen LogP contribution in [0.25, 0.3) is 11.5 Å². The first-order chi connectivity index (χ1) is 14.4. The molecule has 2 aromatic carbocycles. The molecular weight excluding hydrogens is 384 g/mol. The first-order valence-corrected chi connectivity index (χ1v) is 9.52. The summed E-state index contributed by atoms with van der Waals surface area (Å²) in [4.78, 5) is 39.8. The minimum absolute atomic E-state index is 0.0148. The van der Waals surface area contributed by atoms with E-state index in [4.69, 9.17) is 4.42 Å². The molecule has 0 atom stereocenters. The lowest BCUT2D eigenvalue weighted by Crippen LogP contribution is -2.35. The van der Waals surface area contributed by atoms with Crippen LogP contribution in [0.15, 0.2) is 52.9 Å². The molecule has 3 aromatic rings. The second kappa shape index (κ2) is 7.90. The van der Waals surface area contributed by atoms with Crippen molar-refractivity contribution in [3.05, 3.63) is 71.1 Å². The number of benzene rings is 2. The highest BCUT2D eigenvalue weighted by Crippen LogP contribution is 2.23. The summed E-state index contributed by atoms with van der Waals surface area (Å²) in [6.07, 6.45) is 0.0148. The first-order valence-electron chi connectivity index (χ1n) is 9.52. The molecule has 0 N–H and O–H groups in total. The summed E-state index contributed by atoms with van der Waals surface area (Å²) in [6, 6.07) is 14.3. The molecule has 1 aromatic heterocycles. The molecule has 0 unspecified atom stereocenters. The Labute approximate surface area is 173 Å². The van der Waals surface area contributed by atoms with Crippen molar-refractivity contribution in [2.75, 3.05) is 13.6 Å². The van der Waals surface area contributed by atoms with Gasteiger partial charge in [0.05, 0.1) is 17.7 Å². The highest BCUT2D eigenvalue weighted by Gasteiger charge is 2.35. The highest BCUT2D eigenvalue weighted by molar-refractivity contribution is 6.21. The Kier molecular flexibility index (Phi) is 5.14. The quantitative estimate of drug-likeness (QED) is 0.586. The van der Waals surface area contributed by atoms with Crippen molar-refractivity contribution in [2.45, 2.75) is 19.9 Å². The zero-order valence-corrected chi connectivity index (χ0v) is 16.7. The molecule has 8 nitrogen and oxygen atoms in total. The maximum atomic E-state index is 12.5. The van der Waals surface area contributed by atoms with E-state index in [0.29, 0.717) is 22.9 Å². The van der Waals surface area contributed by atoms with Gasteiger partial charge in [-0.05, 0) is 31.2 Å². The molecule has 1 aliphatic heterocycles. The van der Waals surface area contributed by atoms with Gasteiger partial charge in [0, 0.05) is 25.6 Å². The summed E-state index contributed by atoms with van der Waals surface area (Å²) in [5.74, 6) is -0.281. The van der Waals surface area contributed by atoms with E-state index in [-0.39, 0.29) is 37.2 Å². The second-order valence-electron chi connectivity index (χ2n) is 7.17. The predicted octanol–water partition coefficient (Wildman–Crippen LogP) is 2.69. The highest BCUT2D eigenvalue weighted by atomic mass is 16.4. The van der Waals surface area contributed by atoms with Gasteiger partial charge in [0.25, 0.3) is 11.8 Å². The number of nitrogens with zero attached hydrogens (tertiary/aromatic N) is 4. The number of hydrogen-bond acceptors (Lipinski definition) is 6. The fraction of sp³-hybridized carbons (Fsp3) is 0.227. The lowest BCUT2D eigenvalue weighted by molar-refractivity contribution is -0.130. The van der Waals surface area contributed by atoms with Gasteiger partial charge in [-0.1, -0.05) is 29.8 Å². The van der Waals surface area contributed by atoms with Gasteiger partial charge in [-0.15, -0.1) is 10.2 Å². The summed E-state index contributed by atoms with van der Waals surface area (Å²) in [5, 5.41) is 8.03. The van der Waals surface area contributed by atoms with E-state index >= 15 is 0 Å². The summed E-state index contributed by atoms with van der Waals surface area (Å²) in [6.45, 7) is 2.15. The Morgan fingerprint density at radius 1 is 1.00 bits per heavy atom. The average Bonchev–Trinajstić information content (AvgIpc) is 3.30. The van der Waals surface area contributed by atoms with E-state index < -0.39 is 0 Å². The molecule has 152 valence electrons. The fourth-order valence-corrected chi connectivity index (χ4v) is 3.26. The smallest absolute Gasteiger partial charge is 0.261 e. The van der Waals surface area contributed by atoms with Crippen LogP contribution in [0.5, 0.6) is 0 Å². The summed E-state index contributed by atoms with van der Waals surface area (Å²) >= 11 is 0. The maximum Gasteiger partial charge on any atom is 0.261 e. The predicted molar refractivity (Wildman–Crippen MR) is 107 cm³/mol. The summed E-state index contributed by atoms with van der Waals surface area (Å²) < 4.78 is 5.65. The van der Waals surface area contributed by atoms with Crippen molar-refractivity contribution >= 4 is 17.7 Å². The molecule has 0 spiro atoms. The molecule has 0 fully saturated rings. The van der Waals surface area contributed by atoms with E-state index in [1.54, 1.807) is 31.3 Å². The Morgan fingerprint density at radius 3 is 2.27 bits per heavy atom. The molecule has 1 aliphatic rings. The first kappa shape index (κ1) is 19.5. The number of imide groups is 1. The van der Waals surface area contributed by atoms with Crippen LogP contribution >= 0.6 is 0 Å². The number of amides is 3. The van der Waals surface area contributed by atoms with Crippen LogP contribution in [0.3, 0.4) is 0 Å². The molecule has 0 aliphatic carbocycles. The zero-order chi connectivity index (χ0) is 21.3. The van der Waals surface area contributed by atoms with Gasteiger partial charge < -0.3 is 9.32 Å². The lowest BCUT2D eigenvalue weighted by Gasteiger charge is -2.18. The Bertz CT molecular complexity index is 1090. The van der Waals surface area contributed by atoms with E-state index in [0.717, 1.165) is 16.0 Å². The number of aromatic nitrogens is 2. The van der Waals surface area contributed by atoms with Crippen molar-refractivity contribution in [3.63, 3.8) is 0 Å².